The van der Waals surface area contributed by atoms with Crippen molar-refractivity contribution in [3.8, 4) is 0 Å². The summed E-state index contributed by atoms with van der Waals surface area (Å²) in [6, 6.07) is 5.54. The van der Waals surface area contributed by atoms with Gasteiger partial charge in [0.05, 0.1) is 6.04 Å². The smallest absolute Gasteiger partial charge is 0.237 e. The van der Waals surface area contributed by atoms with Crippen LogP contribution in [0.2, 0.25) is 0 Å². The number of amides is 1. The average molecular weight is 238 g/mol. The third-order valence-electron chi connectivity index (χ3n) is 2.94. The molecule has 0 fully saturated rings. The van der Waals surface area contributed by atoms with Gasteiger partial charge in [0.2, 0.25) is 5.91 Å². The van der Waals surface area contributed by atoms with E-state index in [0.717, 1.165) is 12.0 Å². The third kappa shape index (κ3) is 4.15. The summed E-state index contributed by atoms with van der Waals surface area (Å²) in [5, 5.41) is 2.75. The maximum atomic E-state index is 12.7. The highest BCUT2D eigenvalue weighted by Gasteiger charge is 2.18. The van der Waals surface area contributed by atoms with Crippen LogP contribution in [0.1, 0.15) is 25.8 Å². The first kappa shape index (κ1) is 13.6. The Balaban J connectivity index is 2.45. The summed E-state index contributed by atoms with van der Waals surface area (Å²) >= 11 is 0. The Kier molecular flexibility index (Phi) is 5.10. The second kappa shape index (κ2) is 6.35. The zero-order valence-electron chi connectivity index (χ0n) is 10.2. The Morgan fingerprint density at radius 1 is 1.41 bits per heavy atom. The predicted molar refractivity (Wildman–Crippen MR) is 65.7 cm³/mol. The lowest BCUT2D eigenvalue weighted by molar-refractivity contribution is -0.123. The van der Waals surface area contributed by atoms with E-state index in [1.54, 1.807) is 12.1 Å². The number of nitrogens with two attached hydrogens (primary N) is 1. The Morgan fingerprint density at radius 2 is 2.00 bits per heavy atom. The first-order valence-electron chi connectivity index (χ1n) is 5.82. The molecule has 2 atom stereocenters. The maximum Gasteiger partial charge on any atom is 0.237 e. The molecule has 1 amide bonds. The molecule has 3 N–H and O–H groups in total. The van der Waals surface area contributed by atoms with Crippen LogP contribution < -0.4 is 11.1 Å². The topological polar surface area (TPSA) is 55.1 Å². The van der Waals surface area contributed by atoms with Crippen LogP contribution >= 0.6 is 0 Å². The van der Waals surface area contributed by atoms with Gasteiger partial charge in [-0.25, -0.2) is 4.39 Å². The second-order valence-corrected chi connectivity index (χ2v) is 4.26. The summed E-state index contributed by atoms with van der Waals surface area (Å²) in [7, 11) is 0. The zero-order valence-corrected chi connectivity index (χ0v) is 10.2. The minimum absolute atomic E-state index is 0.156. The molecule has 0 heterocycles. The Bertz CT molecular complexity index is 364. The van der Waals surface area contributed by atoms with Crippen LogP contribution in [0.25, 0.3) is 0 Å². The molecule has 0 spiro atoms. The number of carbonyl (C=O) groups excluding carboxylic acids is 1. The number of rotatable bonds is 5. The second-order valence-electron chi connectivity index (χ2n) is 4.26. The number of hydrogen-bond acceptors (Lipinski definition) is 2. The Morgan fingerprint density at radius 3 is 2.53 bits per heavy atom. The van der Waals surface area contributed by atoms with Gasteiger partial charge in [0.25, 0.3) is 0 Å². The van der Waals surface area contributed by atoms with Crippen molar-refractivity contribution in [3.05, 3.63) is 35.6 Å². The number of benzene rings is 1. The molecule has 0 bridgehead atoms. The zero-order chi connectivity index (χ0) is 12.8. The quantitative estimate of drug-likeness (QED) is 0.822. The third-order valence-corrected chi connectivity index (χ3v) is 2.94. The van der Waals surface area contributed by atoms with Gasteiger partial charge in [0.1, 0.15) is 5.82 Å². The maximum absolute atomic E-state index is 12.7. The van der Waals surface area contributed by atoms with Crippen molar-refractivity contribution in [2.45, 2.75) is 32.9 Å². The van der Waals surface area contributed by atoms with Crippen LogP contribution in [-0.4, -0.2) is 11.9 Å². The van der Waals surface area contributed by atoms with Gasteiger partial charge in [-0.3, -0.25) is 4.79 Å². The fraction of sp³-hybridized carbons (Fsp3) is 0.462. The highest BCUT2D eigenvalue weighted by molar-refractivity contribution is 5.81. The van der Waals surface area contributed by atoms with E-state index < -0.39 is 6.04 Å². The van der Waals surface area contributed by atoms with Gasteiger partial charge in [-0.1, -0.05) is 32.4 Å². The van der Waals surface area contributed by atoms with Gasteiger partial charge in [-0.15, -0.1) is 0 Å². The molecule has 0 saturated carbocycles. The molecule has 0 saturated heterocycles. The molecule has 94 valence electrons. The van der Waals surface area contributed by atoms with E-state index in [1.807, 2.05) is 13.8 Å². The van der Waals surface area contributed by atoms with Gasteiger partial charge in [0.15, 0.2) is 0 Å². The van der Waals surface area contributed by atoms with E-state index in [1.165, 1.54) is 12.1 Å². The fourth-order valence-electron chi connectivity index (χ4n) is 1.42. The molecule has 2 unspecified atom stereocenters. The molecule has 0 aliphatic rings. The predicted octanol–water partition coefficient (Wildman–Crippen LogP) is 1.82. The lowest BCUT2D eigenvalue weighted by Gasteiger charge is -2.17. The van der Waals surface area contributed by atoms with Crippen LogP contribution in [0.4, 0.5) is 4.39 Å². The SMILES string of the molecule is CCC(C)C(N)C(=O)NCc1ccc(F)cc1. The van der Waals surface area contributed by atoms with E-state index in [9.17, 15) is 9.18 Å². The van der Waals surface area contributed by atoms with E-state index in [-0.39, 0.29) is 17.6 Å². The van der Waals surface area contributed by atoms with Crippen molar-refractivity contribution in [3.63, 3.8) is 0 Å². The Labute approximate surface area is 101 Å². The van der Waals surface area contributed by atoms with Crippen molar-refractivity contribution in [2.24, 2.45) is 11.7 Å². The Hall–Kier alpha value is -1.42. The normalized spacial score (nSPS) is 14.1. The first-order chi connectivity index (χ1) is 8.04. The lowest BCUT2D eigenvalue weighted by atomic mass is 9.99. The van der Waals surface area contributed by atoms with E-state index >= 15 is 0 Å². The number of hydrogen-bond donors (Lipinski definition) is 2. The number of halogens is 1. The molecular weight excluding hydrogens is 219 g/mol. The minimum atomic E-state index is -0.486. The van der Waals surface area contributed by atoms with Gasteiger partial charge in [-0.2, -0.15) is 0 Å². The molecule has 4 heteroatoms. The minimum Gasteiger partial charge on any atom is -0.351 e. The average Bonchev–Trinajstić information content (AvgIpc) is 2.35. The number of carbonyl (C=O) groups is 1. The van der Waals surface area contributed by atoms with Gasteiger partial charge >= 0.3 is 0 Å². The summed E-state index contributed by atoms with van der Waals surface area (Å²) in [4.78, 5) is 11.7. The lowest BCUT2D eigenvalue weighted by Crippen LogP contribution is -2.44. The van der Waals surface area contributed by atoms with E-state index in [2.05, 4.69) is 5.32 Å². The fourth-order valence-corrected chi connectivity index (χ4v) is 1.42. The molecule has 17 heavy (non-hydrogen) atoms. The van der Waals surface area contributed by atoms with Gasteiger partial charge in [-0.05, 0) is 23.6 Å². The first-order valence-corrected chi connectivity index (χ1v) is 5.82. The summed E-state index contributed by atoms with van der Waals surface area (Å²) in [6.07, 6.45) is 0.866. The number of nitrogens with one attached hydrogen (secondary N) is 1. The molecule has 0 aliphatic heterocycles. The highest BCUT2D eigenvalue weighted by atomic mass is 19.1. The molecular formula is C13H19FN2O. The molecule has 1 aromatic carbocycles. The molecule has 3 nitrogen and oxygen atoms in total. The van der Waals surface area contributed by atoms with Crippen LogP contribution in [0, 0.1) is 11.7 Å². The van der Waals surface area contributed by atoms with Crippen molar-refractivity contribution in [1.82, 2.24) is 5.32 Å². The molecule has 1 aromatic rings. The molecule has 1 rings (SSSR count). The highest BCUT2D eigenvalue weighted by Crippen LogP contribution is 2.06. The molecule has 0 radical (unpaired) electrons. The van der Waals surface area contributed by atoms with Crippen LogP contribution in [-0.2, 0) is 11.3 Å². The molecule has 0 aliphatic carbocycles. The van der Waals surface area contributed by atoms with Crippen molar-refractivity contribution >= 4 is 5.91 Å². The molecule has 0 aromatic heterocycles. The van der Waals surface area contributed by atoms with Gasteiger partial charge in [0, 0.05) is 6.54 Å². The van der Waals surface area contributed by atoms with Crippen molar-refractivity contribution in [2.75, 3.05) is 0 Å². The van der Waals surface area contributed by atoms with Crippen molar-refractivity contribution < 1.29 is 9.18 Å². The summed E-state index contributed by atoms with van der Waals surface area (Å²) in [5.74, 6) is -0.289. The largest absolute Gasteiger partial charge is 0.351 e. The van der Waals surface area contributed by atoms with Crippen LogP contribution in [0.5, 0.6) is 0 Å². The summed E-state index contributed by atoms with van der Waals surface area (Å²) in [5.41, 5.74) is 6.64. The van der Waals surface area contributed by atoms with E-state index in [4.69, 9.17) is 5.73 Å². The van der Waals surface area contributed by atoms with Gasteiger partial charge < -0.3 is 11.1 Å². The van der Waals surface area contributed by atoms with Crippen LogP contribution in [0.3, 0.4) is 0 Å². The van der Waals surface area contributed by atoms with Crippen LogP contribution in [0.15, 0.2) is 24.3 Å². The summed E-state index contributed by atoms with van der Waals surface area (Å²) in [6.45, 7) is 4.32. The monoisotopic (exact) mass is 238 g/mol. The van der Waals surface area contributed by atoms with E-state index in [0.29, 0.717) is 6.54 Å². The summed E-state index contributed by atoms with van der Waals surface area (Å²) < 4.78 is 12.7. The standard InChI is InChI=1S/C13H19FN2O/c1-3-9(2)12(15)13(17)16-8-10-4-6-11(14)7-5-10/h4-7,9,12H,3,8,15H2,1-2H3,(H,16,17). The van der Waals surface area contributed by atoms with Crippen molar-refractivity contribution in [1.29, 1.82) is 0 Å².